The number of ether oxygens (including phenoxy) is 1. The number of halogens is 1. The van der Waals surface area contributed by atoms with Gasteiger partial charge in [0.05, 0.1) is 6.10 Å². The third kappa shape index (κ3) is 4.10. The lowest BCUT2D eigenvalue weighted by atomic mass is 9.96. The van der Waals surface area contributed by atoms with Crippen molar-refractivity contribution in [2.24, 2.45) is 5.73 Å². The Hall–Kier alpha value is -0.930. The molecule has 2 N–H and O–H groups in total. The van der Waals surface area contributed by atoms with Crippen LogP contribution in [0.1, 0.15) is 30.9 Å². The average molecular weight is 239 g/mol. The lowest BCUT2D eigenvalue weighted by Gasteiger charge is -2.22. The number of nitrogens with two attached hydrogens (primary N) is 1. The van der Waals surface area contributed by atoms with Crippen LogP contribution in [0.3, 0.4) is 0 Å². The molecule has 3 heteroatoms. The molecule has 0 aliphatic carbocycles. The largest absolute Gasteiger partial charge is 0.380 e. The minimum Gasteiger partial charge on any atom is -0.380 e. The van der Waals surface area contributed by atoms with E-state index in [0.29, 0.717) is 0 Å². The molecule has 2 atom stereocenters. The molecule has 2 nitrogen and oxygen atoms in total. The van der Waals surface area contributed by atoms with E-state index in [9.17, 15) is 4.39 Å². The molecule has 1 aromatic rings. The molecule has 0 bridgehead atoms. The first-order chi connectivity index (χ1) is 8.08. The predicted octanol–water partition coefficient (Wildman–Crippen LogP) is 2.82. The van der Waals surface area contributed by atoms with Crippen LogP contribution in [0, 0.1) is 12.7 Å². The summed E-state index contributed by atoms with van der Waals surface area (Å²) < 4.78 is 18.4. The molecule has 0 fully saturated rings. The highest BCUT2D eigenvalue weighted by atomic mass is 19.1. The van der Waals surface area contributed by atoms with Crippen LogP contribution in [-0.4, -0.2) is 19.3 Å². The summed E-state index contributed by atoms with van der Waals surface area (Å²) in [6.45, 7) is 4.02. The normalized spacial score (nSPS) is 14.6. The molecular formula is C14H22FNO. The molecule has 0 aromatic heterocycles. The highest BCUT2D eigenvalue weighted by molar-refractivity contribution is 5.27. The van der Waals surface area contributed by atoms with Crippen molar-refractivity contribution >= 4 is 0 Å². The van der Waals surface area contributed by atoms with Crippen molar-refractivity contribution in [3.05, 3.63) is 35.1 Å². The van der Waals surface area contributed by atoms with E-state index in [4.69, 9.17) is 10.5 Å². The van der Waals surface area contributed by atoms with Gasteiger partial charge in [-0.05, 0) is 43.0 Å². The zero-order valence-electron chi connectivity index (χ0n) is 10.9. The smallest absolute Gasteiger partial charge is 0.123 e. The lowest BCUT2D eigenvalue weighted by molar-refractivity contribution is 0.0726. The molecule has 0 aliphatic rings. The van der Waals surface area contributed by atoms with Gasteiger partial charge in [0, 0.05) is 13.2 Å². The van der Waals surface area contributed by atoms with Crippen LogP contribution in [-0.2, 0) is 11.2 Å². The number of rotatable bonds is 6. The van der Waals surface area contributed by atoms with Crippen LogP contribution in [0.15, 0.2) is 18.2 Å². The Morgan fingerprint density at radius 3 is 2.65 bits per heavy atom. The SMILES string of the molecule is CCCC(OC)C(N)Cc1ccc(F)cc1C. The zero-order valence-corrected chi connectivity index (χ0v) is 10.9. The Balaban J connectivity index is 2.69. The van der Waals surface area contributed by atoms with Gasteiger partial charge in [-0.1, -0.05) is 19.4 Å². The van der Waals surface area contributed by atoms with Gasteiger partial charge in [0.15, 0.2) is 0 Å². The number of methoxy groups -OCH3 is 1. The summed E-state index contributed by atoms with van der Waals surface area (Å²) in [5.41, 5.74) is 8.18. The van der Waals surface area contributed by atoms with E-state index < -0.39 is 0 Å². The molecule has 0 saturated heterocycles. The maximum Gasteiger partial charge on any atom is 0.123 e. The Morgan fingerprint density at radius 2 is 2.12 bits per heavy atom. The van der Waals surface area contributed by atoms with E-state index in [0.717, 1.165) is 30.4 Å². The van der Waals surface area contributed by atoms with Crippen LogP contribution in [0.25, 0.3) is 0 Å². The molecule has 0 spiro atoms. The van der Waals surface area contributed by atoms with Gasteiger partial charge in [0.2, 0.25) is 0 Å². The fraction of sp³-hybridized carbons (Fsp3) is 0.571. The van der Waals surface area contributed by atoms with Gasteiger partial charge in [-0.2, -0.15) is 0 Å². The number of hydrogen-bond donors (Lipinski definition) is 1. The van der Waals surface area contributed by atoms with Crippen LogP contribution in [0.4, 0.5) is 4.39 Å². The first-order valence-corrected chi connectivity index (χ1v) is 6.11. The van der Waals surface area contributed by atoms with Crippen LogP contribution >= 0.6 is 0 Å². The number of aryl methyl sites for hydroxylation is 1. The van der Waals surface area contributed by atoms with Crippen molar-refractivity contribution in [1.29, 1.82) is 0 Å². The van der Waals surface area contributed by atoms with Gasteiger partial charge in [0.1, 0.15) is 5.82 Å². The predicted molar refractivity (Wildman–Crippen MR) is 68.5 cm³/mol. The molecule has 1 rings (SSSR count). The van der Waals surface area contributed by atoms with Crippen molar-refractivity contribution in [3.8, 4) is 0 Å². The Kier molecular flexibility index (Phi) is 5.59. The van der Waals surface area contributed by atoms with E-state index >= 15 is 0 Å². The molecule has 0 saturated carbocycles. The van der Waals surface area contributed by atoms with E-state index in [1.165, 1.54) is 6.07 Å². The van der Waals surface area contributed by atoms with E-state index in [-0.39, 0.29) is 18.0 Å². The molecule has 96 valence electrons. The van der Waals surface area contributed by atoms with E-state index in [1.807, 2.05) is 13.0 Å². The van der Waals surface area contributed by atoms with Gasteiger partial charge in [-0.15, -0.1) is 0 Å². The summed E-state index contributed by atoms with van der Waals surface area (Å²) in [4.78, 5) is 0. The second-order valence-corrected chi connectivity index (χ2v) is 4.50. The fourth-order valence-electron chi connectivity index (χ4n) is 2.06. The van der Waals surface area contributed by atoms with Gasteiger partial charge in [-0.25, -0.2) is 4.39 Å². The molecule has 0 heterocycles. The van der Waals surface area contributed by atoms with Crippen LogP contribution in [0.2, 0.25) is 0 Å². The molecular weight excluding hydrogens is 217 g/mol. The monoisotopic (exact) mass is 239 g/mol. The third-order valence-electron chi connectivity index (χ3n) is 3.11. The summed E-state index contributed by atoms with van der Waals surface area (Å²) in [7, 11) is 1.69. The van der Waals surface area contributed by atoms with Gasteiger partial charge in [-0.3, -0.25) is 0 Å². The van der Waals surface area contributed by atoms with Crippen molar-refractivity contribution in [1.82, 2.24) is 0 Å². The zero-order chi connectivity index (χ0) is 12.8. The van der Waals surface area contributed by atoms with Gasteiger partial charge in [0.25, 0.3) is 0 Å². The highest BCUT2D eigenvalue weighted by Crippen LogP contribution is 2.15. The Morgan fingerprint density at radius 1 is 1.41 bits per heavy atom. The number of benzene rings is 1. The van der Waals surface area contributed by atoms with Crippen molar-refractivity contribution < 1.29 is 9.13 Å². The maximum absolute atomic E-state index is 13.0. The number of hydrogen-bond acceptors (Lipinski definition) is 2. The summed E-state index contributed by atoms with van der Waals surface area (Å²) in [5.74, 6) is -0.198. The van der Waals surface area contributed by atoms with Gasteiger partial charge >= 0.3 is 0 Å². The summed E-state index contributed by atoms with van der Waals surface area (Å²) in [6, 6.07) is 4.80. The summed E-state index contributed by atoms with van der Waals surface area (Å²) >= 11 is 0. The van der Waals surface area contributed by atoms with E-state index in [2.05, 4.69) is 6.92 Å². The van der Waals surface area contributed by atoms with Gasteiger partial charge < -0.3 is 10.5 Å². The van der Waals surface area contributed by atoms with Crippen LogP contribution in [0.5, 0.6) is 0 Å². The highest BCUT2D eigenvalue weighted by Gasteiger charge is 2.17. The molecule has 0 aliphatic heterocycles. The topological polar surface area (TPSA) is 35.2 Å². The molecule has 0 radical (unpaired) electrons. The fourth-order valence-corrected chi connectivity index (χ4v) is 2.06. The molecule has 17 heavy (non-hydrogen) atoms. The van der Waals surface area contributed by atoms with Crippen molar-refractivity contribution in [2.45, 2.75) is 45.3 Å². The lowest BCUT2D eigenvalue weighted by Crippen LogP contribution is -2.38. The maximum atomic E-state index is 13.0. The second kappa shape index (κ2) is 6.72. The first kappa shape index (κ1) is 14.1. The average Bonchev–Trinajstić information content (AvgIpc) is 2.29. The quantitative estimate of drug-likeness (QED) is 0.828. The minimum absolute atomic E-state index is 0.0379. The van der Waals surface area contributed by atoms with Crippen LogP contribution < -0.4 is 5.73 Å². The Labute approximate surface area is 103 Å². The molecule has 1 aromatic carbocycles. The summed E-state index contributed by atoms with van der Waals surface area (Å²) in [6.07, 6.45) is 2.81. The molecule has 2 unspecified atom stereocenters. The van der Waals surface area contributed by atoms with Crippen molar-refractivity contribution in [3.63, 3.8) is 0 Å². The first-order valence-electron chi connectivity index (χ1n) is 6.11. The minimum atomic E-state index is -0.198. The Bertz CT molecular complexity index is 354. The third-order valence-corrected chi connectivity index (χ3v) is 3.11. The summed E-state index contributed by atoms with van der Waals surface area (Å²) in [5, 5.41) is 0. The second-order valence-electron chi connectivity index (χ2n) is 4.50. The van der Waals surface area contributed by atoms with E-state index in [1.54, 1.807) is 13.2 Å². The van der Waals surface area contributed by atoms with Crippen molar-refractivity contribution in [2.75, 3.05) is 7.11 Å². The standard InChI is InChI=1S/C14H22FNO/c1-4-5-14(17-3)13(16)9-11-6-7-12(15)8-10(11)2/h6-8,13-14H,4-5,9,16H2,1-3H3. The molecule has 0 amide bonds.